The summed E-state index contributed by atoms with van der Waals surface area (Å²) in [6.07, 6.45) is 0. The molecule has 3 aromatic carbocycles. The summed E-state index contributed by atoms with van der Waals surface area (Å²) in [5, 5.41) is 23.1. The van der Waals surface area contributed by atoms with Gasteiger partial charge in [0.1, 0.15) is 5.75 Å². The van der Waals surface area contributed by atoms with Crippen molar-refractivity contribution in [3.05, 3.63) is 81.8 Å². The molecule has 9 heteroatoms. The standard InChI is InChI=1S/C23H18BrClN4O2S/c1-14-11-16(8-9-19(14)25)26-21(31)13-32-23-28-27-22(18-12-15(24)7-10-20(18)30)29(23)17-5-3-2-4-6-17/h2-12,30H,13H2,1H3,(H,26,31). The molecule has 0 aliphatic rings. The summed E-state index contributed by atoms with van der Waals surface area (Å²) in [5.41, 5.74) is 2.92. The molecule has 32 heavy (non-hydrogen) atoms. The Hall–Kier alpha value is -2.81. The van der Waals surface area contributed by atoms with Crippen LogP contribution < -0.4 is 5.32 Å². The molecule has 4 aromatic rings. The number of hydrogen-bond acceptors (Lipinski definition) is 5. The number of carbonyl (C=O) groups excluding carboxylic acids is 1. The number of nitrogens with one attached hydrogen (secondary N) is 1. The van der Waals surface area contributed by atoms with Gasteiger partial charge in [-0.1, -0.05) is 57.5 Å². The zero-order valence-corrected chi connectivity index (χ0v) is 20.1. The van der Waals surface area contributed by atoms with Gasteiger partial charge in [-0.25, -0.2) is 0 Å². The number of halogens is 2. The Balaban J connectivity index is 1.61. The molecule has 0 saturated carbocycles. The van der Waals surface area contributed by atoms with E-state index in [1.807, 2.05) is 47.9 Å². The van der Waals surface area contributed by atoms with Crippen LogP contribution in [0.25, 0.3) is 17.1 Å². The number of phenols is 1. The maximum atomic E-state index is 12.5. The highest BCUT2D eigenvalue weighted by atomic mass is 79.9. The second-order valence-corrected chi connectivity index (χ2v) is 9.20. The number of amides is 1. The van der Waals surface area contributed by atoms with Gasteiger partial charge in [-0.2, -0.15) is 0 Å². The Morgan fingerprint density at radius 1 is 1.12 bits per heavy atom. The number of rotatable bonds is 6. The second kappa shape index (κ2) is 9.77. The van der Waals surface area contributed by atoms with Crippen LogP contribution in [0.4, 0.5) is 5.69 Å². The predicted octanol–water partition coefficient (Wildman–Crippen LogP) is 6.10. The maximum Gasteiger partial charge on any atom is 0.234 e. The Morgan fingerprint density at radius 2 is 1.91 bits per heavy atom. The minimum atomic E-state index is -0.175. The normalized spacial score (nSPS) is 10.8. The first-order valence-corrected chi connectivity index (χ1v) is 11.8. The van der Waals surface area contributed by atoms with Gasteiger partial charge in [0.05, 0.1) is 11.3 Å². The summed E-state index contributed by atoms with van der Waals surface area (Å²) >= 11 is 10.7. The number of aromatic hydroxyl groups is 1. The van der Waals surface area contributed by atoms with Crippen molar-refractivity contribution in [3.63, 3.8) is 0 Å². The van der Waals surface area contributed by atoms with Gasteiger partial charge in [0, 0.05) is 20.9 Å². The predicted molar refractivity (Wildman–Crippen MR) is 132 cm³/mol. The highest BCUT2D eigenvalue weighted by molar-refractivity contribution is 9.10. The number of hydrogen-bond donors (Lipinski definition) is 2. The Labute approximate surface area is 202 Å². The molecule has 162 valence electrons. The minimum absolute atomic E-state index is 0.0881. The van der Waals surface area contributed by atoms with Gasteiger partial charge in [0.25, 0.3) is 0 Å². The molecule has 2 N–H and O–H groups in total. The number of anilines is 1. The summed E-state index contributed by atoms with van der Waals surface area (Å²) in [6, 6.07) is 20.0. The van der Waals surface area contributed by atoms with E-state index in [2.05, 4.69) is 31.4 Å². The average molecular weight is 530 g/mol. The van der Waals surface area contributed by atoms with Crippen LogP contribution in [0.15, 0.2) is 76.4 Å². The number of nitrogens with zero attached hydrogens (tertiary/aromatic N) is 3. The summed E-state index contributed by atoms with van der Waals surface area (Å²) < 4.78 is 2.63. The summed E-state index contributed by atoms with van der Waals surface area (Å²) in [7, 11) is 0. The number of thioether (sulfide) groups is 1. The molecule has 6 nitrogen and oxygen atoms in total. The van der Waals surface area contributed by atoms with Gasteiger partial charge in [-0.05, 0) is 61.0 Å². The topological polar surface area (TPSA) is 80.0 Å². The molecule has 0 spiro atoms. The SMILES string of the molecule is Cc1cc(NC(=O)CSc2nnc(-c3cc(Br)ccc3O)n2-c2ccccc2)ccc1Cl. The first-order valence-electron chi connectivity index (χ1n) is 9.61. The average Bonchev–Trinajstić information content (AvgIpc) is 3.21. The minimum Gasteiger partial charge on any atom is -0.507 e. The van der Waals surface area contributed by atoms with Crippen molar-refractivity contribution in [2.24, 2.45) is 0 Å². The first kappa shape index (κ1) is 22.4. The fraction of sp³-hybridized carbons (Fsp3) is 0.0870. The first-order chi connectivity index (χ1) is 15.4. The van der Waals surface area contributed by atoms with E-state index in [1.54, 1.807) is 30.3 Å². The van der Waals surface area contributed by atoms with Crippen molar-refractivity contribution >= 4 is 50.9 Å². The molecule has 0 fully saturated rings. The molecule has 1 heterocycles. The lowest BCUT2D eigenvalue weighted by molar-refractivity contribution is -0.113. The lowest BCUT2D eigenvalue weighted by Crippen LogP contribution is -2.14. The van der Waals surface area contributed by atoms with Gasteiger partial charge in [-0.15, -0.1) is 10.2 Å². The van der Waals surface area contributed by atoms with Crippen LogP contribution in [0.1, 0.15) is 5.56 Å². The monoisotopic (exact) mass is 528 g/mol. The van der Waals surface area contributed by atoms with E-state index in [1.165, 1.54) is 11.8 Å². The zero-order valence-electron chi connectivity index (χ0n) is 16.9. The molecule has 4 rings (SSSR count). The summed E-state index contributed by atoms with van der Waals surface area (Å²) in [6.45, 7) is 1.88. The number of phenolic OH excluding ortho intramolecular Hbond substituents is 1. The number of benzene rings is 3. The van der Waals surface area contributed by atoms with E-state index in [-0.39, 0.29) is 17.4 Å². The summed E-state index contributed by atoms with van der Waals surface area (Å²) in [4.78, 5) is 12.5. The highest BCUT2D eigenvalue weighted by Gasteiger charge is 2.19. The van der Waals surface area contributed by atoms with Crippen LogP contribution in [0.5, 0.6) is 5.75 Å². The van der Waals surface area contributed by atoms with Crippen LogP contribution in [0, 0.1) is 6.92 Å². The van der Waals surface area contributed by atoms with Crippen LogP contribution in [-0.4, -0.2) is 31.5 Å². The van der Waals surface area contributed by atoms with E-state index in [4.69, 9.17) is 11.6 Å². The fourth-order valence-corrected chi connectivity index (χ4v) is 4.32. The second-order valence-electron chi connectivity index (χ2n) is 6.94. The molecular weight excluding hydrogens is 512 g/mol. The van der Waals surface area contributed by atoms with Crippen LogP contribution in [-0.2, 0) is 4.79 Å². The number of para-hydroxylation sites is 1. The lowest BCUT2D eigenvalue weighted by atomic mass is 10.2. The molecule has 0 radical (unpaired) electrons. The highest BCUT2D eigenvalue weighted by Crippen LogP contribution is 2.34. The third-order valence-corrected chi connectivity index (χ3v) is 6.47. The number of carbonyl (C=O) groups is 1. The largest absolute Gasteiger partial charge is 0.507 e. The van der Waals surface area contributed by atoms with Crippen molar-refractivity contribution in [1.29, 1.82) is 0 Å². The lowest BCUT2D eigenvalue weighted by Gasteiger charge is -2.11. The van der Waals surface area contributed by atoms with E-state index >= 15 is 0 Å². The molecular formula is C23H18BrClN4O2S. The van der Waals surface area contributed by atoms with E-state index in [0.717, 1.165) is 15.7 Å². The third kappa shape index (κ3) is 4.98. The fourth-order valence-electron chi connectivity index (χ4n) is 3.08. The molecule has 0 bridgehead atoms. The van der Waals surface area contributed by atoms with Crippen molar-refractivity contribution < 1.29 is 9.90 Å². The van der Waals surface area contributed by atoms with Crippen LogP contribution in [0.2, 0.25) is 5.02 Å². The molecule has 0 unspecified atom stereocenters. The van der Waals surface area contributed by atoms with Gasteiger partial charge < -0.3 is 10.4 Å². The molecule has 0 aliphatic carbocycles. The molecule has 0 aliphatic heterocycles. The van der Waals surface area contributed by atoms with Crippen LogP contribution >= 0.6 is 39.3 Å². The molecule has 0 atom stereocenters. The van der Waals surface area contributed by atoms with Crippen molar-refractivity contribution in [2.75, 3.05) is 11.1 Å². The Bertz CT molecular complexity index is 1280. The third-order valence-electron chi connectivity index (χ3n) is 4.62. The van der Waals surface area contributed by atoms with E-state index in [0.29, 0.717) is 27.3 Å². The molecule has 1 amide bonds. The van der Waals surface area contributed by atoms with Gasteiger partial charge >= 0.3 is 0 Å². The smallest absolute Gasteiger partial charge is 0.234 e. The number of aromatic nitrogens is 3. The van der Waals surface area contributed by atoms with Gasteiger partial charge in [0.15, 0.2) is 11.0 Å². The Kier molecular flexibility index (Phi) is 6.83. The van der Waals surface area contributed by atoms with Crippen LogP contribution in [0.3, 0.4) is 0 Å². The molecule has 1 aromatic heterocycles. The Morgan fingerprint density at radius 3 is 2.66 bits per heavy atom. The van der Waals surface area contributed by atoms with Gasteiger partial charge in [-0.3, -0.25) is 9.36 Å². The molecule has 0 saturated heterocycles. The van der Waals surface area contributed by atoms with Gasteiger partial charge in [0.2, 0.25) is 5.91 Å². The zero-order chi connectivity index (χ0) is 22.7. The van der Waals surface area contributed by atoms with E-state index in [9.17, 15) is 9.90 Å². The van der Waals surface area contributed by atoms with Crippen molar-refractivity contribution in [2.45, 2.75) is 12.1 Å². The van der Waals surface area contributed by atoms with E-state index < -0.39 is 0 Å². The maximum absolute atomic E-state index is 12.5. The number of aryl methyl sites for hydroxylation is 1. The van der Waals surface area contributed by atoms with Crippen molar-refractivity contribution in [1.82, 2.24) is 14.8 Å². The van der Waals surface area contributed by atoms with Crippen molar-refractivity contribution in [3.8, 4) is 22.8 Å². The summed E-state index contributed by atoms with van der Waals surface area (Å²) in [5.74, 6) is 0.527. The quantitative estimate of drug-likeness (QED) is 0.295.